The number of methoxy groups -OCH3 is 1. The van der Waals surface area contributed by atoms with Crippen LogP contribution in [0.4, 0.5) is 5.69 Å². The minimum atomic E-state index is -3.69. The minimum Gasteiger partial charge on any atom is -0.497 e. The summed E-state index contributed by atoms with van der Waals surface area (Å²) < 4.78 is 31.8. The van der Waals surface area contributed by atoms with Crippen molar-refractivity contribution in [3.05, 3.63) is 48.3 Å². The number of hydrogen-bond donors (Lipinski definition) is 2. The first-order valence-corrected chi connectivity index (χ1v) is 7.33. The van der Waals surface area contributed by atoms with E-state index in [1.165, 1.54) is 18.5 Å². The maximum Gasteiger partial charge on any atom is 0.244 e. The van der Waals surface area contributed by atoms with Gasteiger partial charge in [0.15, 0.2) is 0 Å². The van der Waals surface area contributed by atoms with Gasteiger partial charge in [-0.25, -0.2) is 13.1 Å². The lowest BCUT2D eigenvalue weighted by Crippen LogP contribution is -2.24. The van der Waals surface area contributed by atoms with Crippen LogP contribution in [-0.4, -0.2) is 20.5 Å². The molecular weight excluding hydrogens is 278 g/mol. The average molecular weight is 293 g/mol. The van der Waals surface area contributed by atoms with Gasteiger partial charge in [0.2, 0.25) is 10.0 Å². The van der Waals surface area contributed by atoms with Gasteiger partial charge in [-0.15, -0.1) is 0 Å². The highest BCUT2D eigenvalue weighted by Crippen LogP contribution is 2.17. The molecule has 2 aromatic rings. The third-order valence-electron chi connectivity index (χ3n) is 2.71. The summed E-state index contributed by atoms with van der Waals surface area (Å²) in [4.78, 5) is 3.75. The van der Waals surface area contributed by atoms with E-state index in [0.29, 0.717) is 5.75 Å². The molecule has 0 fully saturated rings. The molecule has 3 N–H and O–H groups in total. The average Bonchev–Trinajstić information content (AvgIpc) is 2.46. The Morgan fingerprint density at radius 3 is 2.85 bits per heavy atom. The molecule has 106 valence electrons. The van der Waals surface area contributed by atoms with Crippen LogP contribution in [0.25, 0.3) is 0 Å². The van der Waals surface area contributed by atoms with Crippen LogP contribution < -0.4 is 15.2 Å². The number of ether oxygens (including phenoxy) is 1. The fraction of sp³-hybridized carbons (Fsp3) is 0.154. The van der Waals surface area contributed by atoms with E-state index < -0.39 is 10.0 Å². The summed E-state index contributed by atoms with van der Waals surface area (Å²) in [7, 11) is -2.13. The van der Waals surface area contributed by atoms with Crippen LogP contribution >= 0.6 is 0 Å². The molecule has 20 heavy (non-hydrogen) atoms. The predicted molar refractivity (Wildman–Crippen MR) is 75.7 cm³/mol. The van der Waals surface area contributed by atoms with Gasteiger partial charge in [0, 0.05) is 18.9 Å². The molecule has 7 heteroatoms. The third kappa shape index (κ3) is 3.25. The number of anilines is 1. The van der Waals surface area contributed by atoms with Crippen LogP contribution in [0.2, 0.25) is 0 Å². The summed E-state index contributed by atoms with van der Waals surface area (Å²) >= 11 is 0. The van der Waals surface area contributed by atoms with E-state index in [4.69, 9.17) is 10.5 Å². The molecule has 0 unspecified atom stereocenters. The number of aromatic nitrogens is 1. The molecule has 1 heterocycles. The first kappa shape index (κ1) is 14.3. The van der Waals surface area contributed by atoms with Gasteiger partial charge in [0.1, 0.15) is 10.6 Å². The number of pyridine rings is 1. The Labute approximate surface area is 117 Å². The fourth-order valence-corrected chi connectivity index (χ4v) is 2.74. The Hall–Kier alpha value is -2.12. The molecule has 0 aliphatic heterocycles. The lowest BCUT2D eigenvalue weighted by Gasteiger charge is -2.09. The van der Waals surface area contributed by atoms with Gasteiger partial charge < -0.3 is 10.5 Å². The number of nitrogens with two attached hydrogens (primary N) is 1. The maximum atomic E-state index is 12.1. The molecule has 0 aliphatic carbocycles. The number of sulfonamides is 1. The zero-order chi connectivity index (χ0) is 14.6. The SMILES string of the molecule is COc1cccc(CNS(=O)(=O)c2cnccc2N)c1. The van der Waals surface area contributed by atoms with E-state index in [9.17, 15) is 8.42 Å². The van der Waals surface area contributed by atoms with E-state index in [0.717, 1.165) is 5.56 Å². The number of nitrogen functional groups attached to an aromatic ring is 1. The maximum absolute atomic E-state index is 12.1. The van der Waals surface area contributed by atoms with Crippen LogP contribution in [-0.2, 0) is 16.6 Å². The standard InChI is InChI=1S/C13H15N3O3S/c1-19-11-4-2-3-10(7-11)8-16-20(17,18)13-9-15-6-5-12(13)14/h2-7,9,16H,8H2,1H3,(H2,14,15). The van der Waals surface area contributed by atoms with Crippen LogP contribution in [0.1, 0.15) is 5.56 Å². The van der Waals surface area contributed by atoms with Gasteiger partial charge in [0.05, 0.1) is 12.8 Å². The number of rotatable bonds is 5. The van der Waals surface area contributed by atoms with E-state index >= 15 is 0 Å². The van der Waals surface area contributed by atoms with Crippen molar-refractivity contribution in [1.82, 2.24) is 9.71 Å². The van der Waals surface area contributed by atoms with Crippen molar-refractivity contribution in [2.45, 2.75) is 11.4 Å². The lowest BCUT2D eigenvalue weighted by atomic mass is 10.2. The Bertz CT molecular complexity index is 702. The number of benzene rings is 1. The number of hydrogen-bond acceptors (Lipinski definition) is 5. The Kier molecular flexibility index (Phi) is 4.21. The van der Waals surface area contributed by atoms with Gasteiger partial charge in [-0.3, -0.25) is 4.98 Å². The fourth-order valence-electron chi connectivity index (χ4n) is 1.65. The minimum absolute atomic E-state index is 0.0251. The molecule has 6 nitrogen and oxygen atoms in total. The van der Waals surface area contributed by atoms with Gasteiger partial charge in [-0.1, -0.05) is 12.1 Å². The van der Waals surface area contributed by atoms with Crippen LogP contribution in [0.3, 0.4) is 0 Å². The number of nitrogens with zero attached hydrogens (tertiary/aromatic N) is 1. The van der Waals surface area contributed by atoms with Crippen LogP contribution in [0, 0.1) is 0 Å². The molecule has 0 spiro atoms. The molecule has 0 atom stereocenters. The highest BCUT2D eigenvalue weighted by Gasteiger charge is 2.17. The number of nitrogens with one attached hydrogen (secondary N) is 1. The molecule has 0 radical (unpaired) electrons. The Morgan fingerprint density at radius 2 is 2.15 bits per heavy atom. The highest BCUT2D eigenvalue weighted by molar-refractivity contribution is 7.89. The second-order valence-corrected chi connectivity index (χ2v) is 5.82. The van der Waals surface area contributed by atoms with Crippen molar-refractivity contribution in [1.29, 1.82) is 0 Å². The second-order valence-electron chi connectivity index (χ2n) is 4.09. The monoisotopic (exact) mass is 293 g/mol. The lowest BCUT2D eigenvalue weighted by molar-refractivity contribution is 0.414. The van der Waals surface area contributed by atoms with Gasteiger partial charge >= 0.3 is 0 Å². The topological polar surface area (TPSA) is 94.3 Å². The van der Waals surface area contributed by atoms with Gasteiger partial charge in [-0.05, 0) is 23.8 Å². The predicted octanol–water partition coefficient (Wildman–Crippen LogP) is 1.15. The molecule has 0 amide bonds. The first-order chi connectivity index (χ1) is 9.53. The summed E-state index contributed by atoms with van der Waals surface area (Å²) in [5, 5.41) is 0. The smallest absolute Gasteiger partial charge is 0.244 e. The van der Waals surface area contributed by atoms with Crippen LogP contribution in [0.15, 0.2) is 47.6 Å². The largest absolute Gasteiger partial charge is 0.497 e. The van der Waals surface area contributed by atoms with Crippen molar-refractivity contribution in [2.24, 2.45) is 0 Å². The normalized spacial score (nSPS) is 11.2. The van der Waals surface area contributed by atoms with Crippen molar-refractivity contribution in [3.63, 3.8) is 0 Å². The van der Waals surface area contributed by atoms with E-state index in [2.05, 4.69) is 9.71 Å². The molecule has 1 aromatic heterocycles. The molecule has 0 saturated heterocycles. The van der Waals surface area contributed by atoms with E-state index in [1.807, 2.05) is 0 Å². The summed E-state index contributed by atoms with van der Waals surface area (Å²) in [6.45, 7) is 0.147. The Balaban J connectivity index is 2.15. The molecule has 0 saturated carbocycles. The molecule has 1 aromatic carbocycles. The van der Waals surface area contributed by atoms with Crippen molar-refractivity contribution >= 4 is 15.7 Å². The van der Waals surface area contributed by atoms with Gasteiger partial charge in [-0.2, -0.15) is 0 Å². The second kappa shape index (κ2) is 5.89. The summed E-state index contributed by atoms with van der Waals surface area (Å²) in [6, 6.07) is 8.59. The van der Waals surface area contributed by atoms with Crippen molar-refractivity contribution in [3.8, 4) is 5.75 Å². The summed E-state index contributed by atoms with van der Waals surface area (Å²) in [5.74, 6) is 0.669. The van der Waals surface area contributed by atoms with E-state index in [1.54, 1.807) is 31.4 Å². The van der Waals surface area contributed by atoms with Crippen molar-refractivity contribution in [2.75, 3.05) is 12.8 Å². The zero-order valence-electron chi connectivity index (χ0n) is 10.9. The van der Waals surface area contributed by atoms with Gasteiger partial charge in [0.25, 0.3) is 0 Å². The zero-order valence-corrected chi connectivity index (χ0v) is 11.7. The highest BCUT2D eigenvalue weighted by atomic mass is 32.2. The van der Waals surface area contributed by atoms with Crippen LogP contribution in [0.5, 0.6) is 5.75 Å². The molecule has 0 bridgehead atoms. The summed E-state index contributed by atoms with van der Waals surface area (Å²) in [6.07, 6.45) is 2.67. The molecule has 2 rings (SSSR count). The summed E-state index contributed by atoms with van der Waals surface area (Å²) in [5.41, 5.74) is 6.59. The van der Waals surface area contributed by atoms with Crippen molar-refractivity contribution < 1.29 is 13.2 Å². The quantitative estimate of drug-likeness (QED) is 0.862. The first-order valence-electron chi connectivity index (χ1n) is 5.85. The third-order valence-corrected chi connectivity index (χ3v) is 4.15. The van der Waals surface area contributed by atoms with E-state index in [-0.39, 0.29) is 17.1 Å². The molecule has 0 aliphatic rings. The Morgan fingerprint density at radius 1 is 1.35 bits per heavy atom. The molecular formula is C13H15N3O3S.